The number of nitro benzene ring substituents is 1. The van der Waals surface area contributed by atoms with Gasteiger partial charge in [0.1, 0.15) is 11.4 Å². The Hall–Kier alpha value is -2.68. The zero-order valence-corrected chi connectivity index (χ0v) is 17.3. The fourth-order valence-corrected chi connectivity index (χ4v) is 2.26. The van der Waals surface area contributed by atoms with Crippen molar-refractivity contribution < 1.29 is 28.7 Å². The maximum absolute atomic E-state index is 12.5. The van der Waals surface area contributed by atoms with E-state index < -0.39 is 40.3 Å². The number of benzene rings is 1. The maximum Gasteiger partial charge on any atom is 0.413 e. The zero-order chi connectivity index (χ0) is 21.7. The van der Waals surface area contributed by atoms with E-state index >= 15 is 0 Å². The summed E-state index contributed by atoms with van der Waals surface area (Å²) in [5.41, 5.74) is -1.43. The second kappa shape index (κ2) is 9.01. The fraction of sp³-hybridized carbons (Fsp3) is 0.579. The maximum atomic E-state index is 12.5. The number of amides is 1. The van der Waals surface area contributed by atoms with Gasteiger partial charge in [0.05, 0.1) is 16.6 Å². The fourth-order valence-electron chi connectivity index (χ4n) is 2.26. The van der Waals surface area contributed by atoms with E-state index in [4.69, 9.17) is 14.2 Å². The number of nitrogens with zero attached hydrogens (tertiary/aromatic N) is 1. The van der Waals surface area contributed by atoms with Gasteiger partial charge in [-0.25, -0.2) is 9.59 Å². The van der Waals surface area contributed by atoms with Crippen LogP contribution in [0.5, 0.6) is 5.75 Å². The first-order valence-electron chi connectivity index (χ1n) is 8.81. The van der Waals surface area contributed by atoms with Gasteiger partial charge >= 0.3 is 12.1 Å². The third-order valence-electron chi connectivity index (χ3n) is 3.20. The van der Waals surface area contributed by atoms with Gasteiger partial charge in [0.2, 0.25) is 0 Å². The van der Waals surface area contributed by atoms with Gasteiger partial charge in [0.15, 0.2) is 6.04 Å². The van der Waals surface area contributed by atoms with Crippen molar-refractivity contribution in [1.82, 2.24) is 5.32 Å². The number of hydrogen-bond acceptors (Lipinski definition) is 7. The Morgan fingerprint density at radius 2 is 1.57 bits per heavy atom. The second-order valence-corrected chi connectivity index (χ2v) is 8.23. The molecule has 0 fully saturated rings. The molecule has 1 amide bonds. The molecule has 0 saturated heterocycles. The number of non-ortho nitro benzene ring substituents is 1. The highest BCUT2D eigenvalue weighted by Crippen LogP contribution is 2.19. The van der Waals surface area contributed by atoms with Gasteiger partial charge in [0.25, 0.3) is 5.69 Å². The molecule has 0 aliphatic carbocycles. The normalized spacial score (nSPS) is 14.0. The standard InChI is InChI=1S/C19H28N2O7/c1-12(27-18(2,3)4)15(16(22)28-19(5,6)7)20-17(23)26-14-10-8-13(9-11-14)21(24)25/h8-12,15H,1-7H3,(H,20,23)/t12-,15+/m1/s1. The van der Waals surface area contributed by atoms with Crippen LogP contribution in [0.25, 0.3) is 0 Å². The summed E-state index contributed by atoms with van der Waals surface area (Å²) in [5.74, 6) is -0.569. The van der Waals surface area contributed by atoms with Crippen LogP contribution in [-0.4, -0.2) is 40.3 Å². The summed E-state index contributed by atoms with van der Waals surface area (Å²) >= 11 is 0. The molecule has 0 aliphatic heterocycles. The number of ether oxygens (including phenoxy) is 3. The predicted octanol–water partition coefficient (Wildman–Crippen LogP) is 3.60. The van der Waals surface area contributed by atoms with E-state index in [0.717, 1.165) is 0 Å². The minimum atomic E-state index is -1.11. The van der Waals surface area contributed by atoms with Crippen molar-refractivity contribution in [3.63, 3.8) is 0 Å². The summed E-state index contributed by atoms with van der Waals surface area (Å²) in [6, 6.07) is 3.88. The average molecular weight is 396 g/mol. The molecule has 0 spiro atoms. The lowest BCUT2D eigenvalue weighted by atomic mass is 10.1. The summed E-state index contributed by atoms with van der Waals surface area (Å²) in [7, 11) is 0. The van der Waals surface area contributed by atoms with Gasteiger partial charge in [-0.15, -0.1) is 0 Å². The van der Waals surface area contributed by atoms with Crippen molar-refractivity contribution in [3.8, 4) is 5.75 Å². The number of nitrogens with one attached hydrogen (secondary N) is 1. The van der Waals surface area contributed by atoms with Crippen LogP contribution in [0, 0.1) is 10.1 Å². The van der Waals surface area contributed by atoms with Crippen LogP contribution < -0.4 is 10.1 Å². The molecule has 9 heteroatoms. The summed E-state index contributed by atoms with van der Waals surface area (Å²) in [4.78, 5) is 34.9. The molecule has 1 aromatic rings. The lowest BCUT2D eigenvalue weighted by molar-refractivity contribution is -0.384. The average Bonchev–Trinajstić information content (AvgIpc) is 2.49. The van der Waals surface area contributed by atoms with E-state index in [-0.39, 0.29) is 11.4 Å². The number of hydrogen-bond donors (Lipinski definition) is 1. The van der Waals surface area contributed by atoms with E-state index in [9.17, 15) is 19.7 Å². The van der Waals surface area contributed by atoms with Crippen molar-refractivity contribution in [2.75, 3.05) is 0 Å². The summed E-state index contributed by atoms with van der Waals surface area (Å²) in [5, 5.41) is 13.1. The second-order valence-electron chi connectivity index (χ2n) is 8.23. The molecule has 9 nitrogen and oxygen atoms in total. The number of carbonyl (C=O) groups is 2. The van der Waals surface area contributed by atoms with Crippen LogP contribution in [0.15, 0.2) is 24.3 Å². The molecule has 0 saturated carbocycles. The van der Waals surface area contributed by atoms with Crippen LogP contribution in [0.3, 0.4) is 0 Å². The summed E-state index contributed by atoms with van der Waals surface area (Å²) in [6.07, 6.45) is -1.60. The zero-order valence-electron chi connectivity index (χ0n) is 17.3. The Labute approximate surface area is 164 Å². The van der Waals surface area contributed by atoms with E-state index in [0.29, 0.717) is 0 Å². The monoisotopic (exact) mass is 396 g/mol. The van der Waals surface area contributed by atoms with Crippen molar-refractivity contribution >= 4 is 17.7 Å². The van der Waals surface area contributed by atoms with Crippen molar-refractivity contribution in [2.45, 2.75) is 71.8 Å². The molecule has 2 atom stereocenters. The SMILES string of the molecule is C[C@@H](OC(C)(C)C)[C@H](NC(=O)Oc1ccc([N+](=O)[O-])cc1)C(=O)OC(C)(C)C. The Bertz CT molecular complexity index is 702. The first-order valence-corrected chi connectivity index (χ1v) is 8.81. The molecule has 0 aromatic heterocycles. The Morgan fingerprint density at radius 1 is 1.04 bits per heavy atom. The van der Waals surface area contributed by atoms with Gasteiger partial charge in [-0.3, -0.25) is 10.1 Å². The molecule has 1 N–H and O–H groups in total. The molecule has 156 valence electrons. The van der Waals surface area contributed by atoms with Crippen molar-refractivity contribution in [2.24, 2.45) is 0 Å². The van der Waals surface area contributed by atoms with E-state index in [2.05, 4.69) is 5.32 Å². The topological polar surface area (TPSA) is 117 Å². The minimum Gasteiger partial charge on any atom is -0.458 e. The number of esters is 1. The third kappa shape index (κ3) is 8.34. The van der Waals surface area contributed by atoms with E-state index in [1.54, 1.807) is 27.7 Å². The third-order valence-corrected chi connectivity index (χ3v) is 3.20. The van der Waals surface area contributed by atoms with Crippen LogP contribution >= 0.6 is 0 Å². The largest absolute Gasteiger partial charge is 0.458 e. The lowest BCUT2D eigenvalue weighted by Gasteiger charge is -2.31. The quantitative estimate of drug-likeness (QED) is 0.443. The molecule has 0 unspecified atom stereocenters. The molecule has 0 heterocycles. The first kappa shape index (κ1) is 23.4. The molecule has 28 heavy (non-hydrogen) atoms. The molecular weight excluding hydrogens is 368 g/mol. The van der Waals surface area contributed by atoms with Gasteiger partial charge < -0.3 is 19.5 Å². The van der Waals surface area contributed by atoms with Crippen LogP contribution in [0.1, 0.15) is 48.5 Å². The summed E-state index contributed by atoms with van der Waals surface area (Å²) < 4.78 is 16.3. The van der Waals surface area contributed by atoms with Crippen molar-refractivity contribution in [1.29, 1.82) is 0 Å². The first-order chi connectivity index (χ1) is 12.7. The lowest BCUT2D eigenvalue weighted by Crippen LogP contribution is -2.53. The highest BCUT2D eigenvalue weighted by atomic mass is 16.6. The predicted molar refractivity (Wildman–Crippen MR) is 102 cm³/mol. The number of nitro groups is 1. The molecule has 0 bridgehead atoms. The Balaban J connectivity index is 2.89. The summed E-state index contributed by atoms with van der Waals surface area (Å²) in [6.45, 7) is 12.3. The molecule has 0 aliphatic rings. The van der Waals surface area contributed by atoms with Gasteiger partial charge in [-0.2, -0.15) is 0 Å². The van der Waals surface area contributed by atoms with E-state index in [1.807, 2.05) is 20.8 Å². The van der Waals surface area contributed by atoms with Gasteiger partial charge in [-0.1, -0.05) is 0 Å². The number of rotatable bonds is 6. The smallest absolute Gasteiger partial charge is 0.413 e. The van der Waals surface area contributed by atoms with E-state index in [1.165, 1.54) is 24.3 Å². The Morgan fingerprint density at radius 3 is 2.00 bits per heavy atom. The van der Waals surface area contributed by atoms with Crippen LogP contribution in [0.4, 0.5) is 10.5 Å². The van der Waals surface area contributed by atoms with Gasteiger partial charge in [0, 0.05) is 12.1 Å². The van der Waals surface area contributed by atoms with Crippen LogP contribution in [0.2, 0.25) is 0 Å². The Kier molecular flexibility index (Phi) is 7.51. The minimum absolute atomic E-state index is 0.0930. The highest BCUT2D eigenvalue weighted by molar-refractivity contribution is 5.83. The van der Waals surface area contributed by atoms with Crippen LogP contribution in [-0.2, 0) is 14.3 Å². The molecule has 1 aromatic carbocycles. The molecular formula is C19H28N2O7. The molecule has 1 rings (SSSR count). The number of carbonyl (C=O) groups excluding carboxylic acids is 2. The molecule has 0 radical (unpaired) electrons. The van der Waals surface area contributed by atoms with Crippen molar-refractivity contribution in [3.05, 3.63) is 34.4 Å². The van der Waals surface area contributed by atoms with Gasteiger partial charge in [-0.05, 0) is 60.6 Å². The highest BCUT2D eigenvalue weighted by Gasteiger charge is 2.34.